The average molecular weight is 381 g/mol. The van der Waals surface area contributed by atoms with Gasteiger partial charge in [-0.1, -0.05) is 18.2 Å². The Labute approximate surface area is 164 Å². The minimum Gasteiger partial charge on any atom is -0.486 e. The van der Waals surface area contributed by atoms with Crippen molar-refractivity contribution in [3.63, 3.8) is 0 Å². The van der Waals surface area contributed by atoms with Gasteiger partial charge in [0.25, 0.3) is 0 Å². The molecule has 146 valence electrons. The first-order valence-corrected chi connectivity index (χ1v) is 9.71. The van der Waals surface area contributed by atoms with Crippen molar-refractivity contribution >= 4 is 11.7 Å². The van der Waals surface area contributed by atoms with E-state index in [0.29, 0.717) is 43.7 Å². The fourth-order valence-corrected chi connectivity index (χ4v) is 4.27. The van der Waals surface area contributed by atoms with Crippen LogP contribution >= 0.6 is 0 Å². The van der Waals surface area contributed by atoms with Crippen molar-refractivity contribution in [2.24, 2.45) is 0 Å². The van der Waals surface area contributed by atoms with Crippen LogP contribution in [0.2, 0.25) is 0 Å². The number of Topliss-reactive ketones (excluding diaryl/α,β-unsaturated/α-hetero) is 1. The molecule has 1 amide bonds. The van der Waals surface area contributed by atoms with Crippen LogP contribution in [0.5, 0.6) is 5.75 Å². The van der Waals surface area contributed by atoms with E-state index >= 15 is 0 Å². The molecule has 0 radical (unpaired) electrons. The van der Waals surface area contributed by atoms with Crippen molar-refractivity contribution in [1.82, 2.24) is 4.90 Å². The van der Waals surface area contributed by atoms with E-state index in [2.05, 4.69) is 0 Å². The number of rotatable bonds is 2. The summed E-state index contributed by atoms with van der Waals surface area (Å²) in [6.07, 6.45) is 1.90. The second-order valence-electron chi connectivity index (χ2n) is 8.03. The third-order valence-corrected chi connectivity index (χ3v) is 5.82. The lowest BCUT2D eigenvalue weighted by Crippen LogP contribution is -2.52. The second kappa shape index (κ2) is 7.04. The lowest BCUT2D eigenvalue weighted by atomic mass is 9.81. The SMILES string of the molecule is Cc1cc(C)c2c(c1)C(=O)CC1(CCN(C(=O)Cc3ccc(F)cc3)CC1)O2. The molecule has 4 rings (SSSR count). The van der Waals surface area contributed by atoms with E-state index in [9.17, 15) is 14.0 Å². The standard InChI is InChI=1S/C23H24FNO3/c1-15-11-16(2)22-19(12-15)20(26)14-23(28-22)7-9-25(10-8-23)21(27)13-17-3-5-18(24)6-4-17/h3-6,11-12H,7-10,13-14H2,1-2H3. The van der Waals surface area contributed by atoms with Gasteiger partial charge in [-0.25, -0.2) is 4.39 Å². The van der Waals surface area contributed by atoms with Gasteiger partial charge in [0.15, 0.2) is 5.78 Å². The molecule has 0 atom stereocenters. The molecule has 2 heterocycles. The molecule has 0 aromatic heterocycles. The number of piperidine rings is 1. The Morgan fingerprint density at radius 1 is 1.14 bits per heavy atom. The Morgan fingerprint density at radius 3 is 2.50 bits per heavy atom. The molecule has 0 bridgehead atoms. The maximum atomic E-state index is 13.0. The maximum Gasteiger partial charge on any atom is 0.226 e. The fourth-order valence-electron chi connectivity index (χ4n) is 4.27. The monoisotopic (exact) mass is 381 g/mol. The van der Waals surface area contributed by atoms with Gasteiger partial charge in [0, 0.05) is 25.9 Å². The number of aryl methyl sites for hydroxylation is 2. The molecule has 1 spiro atoms. The number of likely N-dealkylation sites (tertiary alicyclic amines) is 1. The van der Waals surface area contributed by atoms with Gasteiger partial charge in [-0.05, 0) is 48.7 Å². The van der Waals surface area contributed by atoms with E-state index in [0.717, 1.165) is 16.7 Å². The van der Waals surface area contributed by atoms with Gasteiger partial charge in [-0.2, -0.15) is 0 Å². The highest BCUT2D eigenvalue weighted by molar-refractivity contribution is 6.01. The number of hydrogen-bond donors (Lipinski definition) is 0. The lowest BCUT2D eigenvalue weighted by molar-refractivity contribution is -0.134. The van der Waals surface area contributed by atoms with Gasteiger partial charge in [-0.15, -0.1) is 0 Å². The lowest BCUT2D eigenvalue weighted by Gasteiger charge is -2.44. The number of nitrogens with zero attached hydrogens (tertiary/aromatic N) is 1. The molecule has 5 heteroatoms. The number of hydrogen-bond acceptors (Lipinski definition) is 3. The zero-order valence-electron chi connectivity index (χ0n) is 16.3. The molecule has 2 aliphatic rings. The highest BCUT2D eigenvalue weighted by atomic mass is 19.1. The van der Waals surface area contributed by atoms with E-state index < -0.39 is 5.60 Å². The van der Waals surface area contributed by atoms with Gasteiger partial charge in [0.1, 0.15) is 17.2 Å². The van der Waals surface area contributed by atoms with E-state index in [-0.39, 0.29) is 23.9 Å². The molecule has 0 saturated carbocycles. The summed E-state index contributed by atoms with van der Waals surface area (Å²) in [5.74, 6) is 0.545. The van der Waals surface area contributed by atoms with Crippen LogP contribution in [0.1, 0.15) is 46.3 Å². The van der Waals surface area contributed by atoms with Crippen LogP contribution in [-0.4, -0.2) is 35.3 Å². The van der Waals surface area contributed by atoms with Crippen molar-refractivity contribution in [3.05, 3.63) is 64.5 Å². The van der Waals surface area contributed by atoms with Crippen molar-refractivity contribution in [2.75, 3.05) is 13.1 Å². The first-order chi connectivity index (χ1) is 13.3. The van der Waals surface area contributed by atoms with Crippen LogP contribution in [0.15, 0.2) is 36.4 Å². The van der Waals surface area contributed by atoms with Crippen molar-refractivity contribution in [3.8, 4) is 5.75 Å². The molecular weight excluding hydrogens is 357 g/mol. The van der Waals surface area contributed by atoms with Crippen molar-refractivity contribution in [1.29, 1.82) is 0 Å². The molecule has 0 aliphatic carbocycles. The minimum absolute atomic E-state index is 0.0239. The molecule has 4 nitrogen and oxygen atoms in total. The summed E-state index contributed by atoms with van der Waals surface area (Å²) < 4.78 is 19.4. The normalized spacial score (nSPS) is 18.0. The van der Waals surface area contributed by atoms with E-state index in [1.807, 2.05) is 30.9 Å². The zero-order chi connectivity index (χ0) is 19.9. The molecular formula is C23H24FNO3. The van der Waals surface area contributed by atoms with Crippen LogP contribution in [-0.2, 0) is 11.2 Å². The van der Waals surface area contributed by atoms with E-state index in [4.69, 9.17) is 4.74 Å². The quantitative estimate of drug-likeness (QED) is 0.790. The Balaban J connectivity index is 1.44. The van der Waals surface area contributed by atoms with E-state index in [1.165, 1.54) is 12.1 Å². The van der Waals surface area contributed by atoms with Gasteiger partial charge in [-0.3, -0.25) is 9.59 Å². The minimum atomic E-state index is -0.517. The third kappa shape index (κ3) is 3.53. The fraction of sp³-hybridized carbons (Fsp3) is 0.391. The highest BCUT2D eigenvalue weighted by Gasteiger charge is 2.44. The molecule has 2 aromatic rings. The van der Waals surface area contributed by atoms with Crippen LogP contribution in [0, 0.1) is 19.7 Å². The van der Waals surface area contributed by atoms with Crippen LogP contribution in [0.25, 0.3) is 0 Å². The Morgan fingerprint density at radius 2 is 1.82 bits per heavy atom. The molecule has 1 saturated heterocycles. The summed E-state index contributed by atoms with van der Waals surface area (Å²) in [6.45, 7) is 5.08. The first-order valence-electron chi connectivity index (χ1n) is 9.71. The summed E-state index contributed by atoms with van der Waals surface area (Å²) >= 11 is 0. The second-order valence-corrected chi connectivity index (χ2v) is 8.03. The average Bonchev–Trinajstić information content (AvgIpc) is 2.65. The summed E-state index contributed by atoms with van der Waals surface area (Å²) in [5.41, 5.74) is 3.01. The Hall–Kier alpha value is -2.69. The number of ketones is 1. The number of amides is 1. The summed E-state index contributed by atoms with van der Waals surface area (Å²) in [7, 11) is 0. The van der Waals surface area contributed by atoms with Crippen LogP contribution < -0.4 is 4.74 Å². The summed E-state index contributed by atoms with van der Waals surface area (Å²) in [5, 5.41) is 0. The molecule has 2 aliphatic heterocycles. The number of benzene rings is 2. The van der Waals surface area contributed by atoms with Crippen LogP contribution in [0.4, 0.5) is 4.39 Å². The van der Waals surface area contributed by atoms with Crippen molar-refractivity contribution in [2.45, 2.75) is 45.1 Å². The third-order valence-electron chi connectivity index (χ3n) is 5.82. The van der Waals surface area contributed by atoms with Crippen molar-refractivity contribution < 1.29 is 18.7 Å². The number of carbonyl (C=O) groups excluding carboxylic acids is 2. The smallest absolute Gasteiger partial charge is 0.226 e. The number of carbonyl (C=O) groups is 2. The molecule has 0 N–H and O–H groups in total. The summed E-state index contributed by atoms with van der Waals surface area (Å²) in [4.78, 5) is 27.2. The molecule has 2 aromatic carbocycles. The van der Waals surface area contributed by atoms with Gasteiger partial charge >= 0.3 is 0 Å². The van der Waals surface area contributed by atoms with E-state index in [1.54, 1.807) is 12.1 Å². The first kappa shape index (κ1) is 18.7. The number of ether oxygens (including phenoxy) is 1. The maximum absolute atomic E-state index is 13.0. The highest BCUT2D eigenvalue weighted by Crippen LogP contribution is 2.41. The van der Waals surface area contributed by atoms with Crippen LogP contribution in [0.3, 0.4) is 0 Å². The van der Waals surface area contributed by atoms with Gasteiger partial charge < -0.3 is 9.64 Å². The molecule has 0 unspecified atom stereocenters. The topological polar surface area (TPSA) is 46.6 Å². The zero-order valence-corrected chi connectivity index (χ0v) is 16.3. The Kier molecular flexibility index (Phi) is 4.69. The van der Waals surface area contributed by atoms with Gasteiger partial charge in [0.05, 0.1) is 18.4 Å². The largest absolute Gasteiger partial charge is 0.486 e. The predicted molar refractivity (Wildman–Crippen MR) is 104 cm³/mol. The van der Waals surface area contributed by atoms with Gasteiger partial charge in [0.2, 0.25) is 5.91 Å². The Bertz CT molecular complexity index is 928. The molecule has 28 heavy (non-hydrogen) atoms. The predicted octanol–water partition coefficient (Wildman–Crippen LogP) is 4.01. The molecule has 1 fully saturated rings. The number of halogens is 1. The summed E-state index contributed by atoms with van der Waals surface area (Å²) in [6, 6.07) is 9.96. The number of fused-ring (bicyclic) bond motifs is 1.